The highest BCUT2D eigenvalue weighted by atomic mass is 32.1. The number of rotatable bonds is 3. The van der Waals surface area contributed by atoms with Gasteiger partial charge in [0.05, 0.1) is 5.56 Å². The monoisotopic (exact) mass is 285 g/mol. The predicted octanol–water partition coefficient (Wildman–Crippen LogP) is 3.96. The largest absolute Gasteiger partial charge is 0.416 e. The van der Waals surface area contributed by atoms with Crippen molar-refractivity contribution in [2.75, 3.05) is 0 Å². The van der Waals surface area contributed by atoms with E-state index in [-0.39, 0.29) is 12.2 Å². The van der Waals surface area contributed by atoms with E-state index in [1.54, 1.807) is 6.07 Å². The van der Waals surface area contributed by atoms with Crippen LogP contribution in [-0.2, 0) is 17.4 Å². The molecule has 1 aromatic heterocycles. The summed E-state index contributed by atoms with van der Waals surface area (Å²) in [5.41, 5.74) is -0.289. The first-order chi connectivity index (χ1) is 8.86. The average Bonchev–Trinajstić information content (AvgIpc) is 2.76. The molecule has 0 saturated heterocycles. The van der Waals surface area contributed by atoms with Gasteiger partial charge in [-0.3, -0.25) is 4.79 Å². The quantitative estimate of drug-likeness (QED) is 0.854. The first-order valence-corrected chi connectivity index (χ1v) is 6.29. The van der Waals surface area contributed by atoms with Crippen LogP contribution in [0.25, 0.3) is 10.6 Å². The number of aromatic nitrogens is 1. The molecule has 100 valence electrons. The molecule has 0 saturated carbocycles. The zero-order valence-corrected chi connectivity index (χ0v) is 10.8. The molecular formula is C13H10F3NOS. The van der Waals surface area contributed by atoms with Crippen LogP contribution in [0.2, 0.25) is 0 Å². The second-order valence-corrected chi connectivity index (χ2v) is 5.20. The minimum absolute atomic E-state index is 0.000702. The van der Waals surface area contributed by atoms with E-state index in [4.69, 9.17) is 0 Å². The zero-order valence-electron chi connectivity index (χ0n) is 9.99. The van der Waals surface area contributed by atoms with E-state index in [1.807, 2.05) is 0 Å². The number of halogens is 3. The minimum atomic E-state index is -4.37. The lowest BCUT2D eigenvalue weighted by atomic mass is 10.1. The van der Waals surface area contributed by atoms with Crippen LogP contribution in [0, 0.1) is 0 Å². The Kier molecular flexibility index (Phi) is 3.71. The van der Waals surface area contributed by atoms with Crippen LogP contribution in [0.4, 0.5) is 13.2 Å². The van der Waals surface area contributed by atoms with Crippen molar-refractivity contribution in [2.45, 2.75) is 19.5 Å². The molecule has 0 spiro atoms. The van der Waals surface area contributed by atoms with Crippen LogP contribution in [0.15, 0.2) is 30.5 Å². The van der Waals surface area contributed by atoms with Crippen molar-refractivity contribution < 1.29 is 18.0 Å². The van der Waals surface area contributed by atoms with E-state index in [0.717, 1.165) is 17.0 Å². The third kappa shape index (κ3) is 3.41. The molecule has 0 aliphatic rings. The van der Waals surface area contributed by atoms with Crippen LogP contribution in [0.5, 0.6) is 0 Å². The van der Waals surface area contributed by atoms with Crippen molar-refractivity contribution in [3.05, 3.63) is 40.9 Å². The van der Waals surface area contributed by atoms with Gasteiger partial charge in [-0.15, -0.1) is 11.3 Å². The number of alkyl halides is 3. The molecular weight excluding hydrogens is 275 g/mol. The Morgan fingerprint density at radius 2 is 2.11 bits per heavy atom. The van der Waals surface area contributed by atoms with Gasteiger partial charge >= 0.3 is 6.18 Å². The lowest BCUT2D eigenvalue weighted by molar-refractivity contribution is -0.137. The van der Waals surface area contributed by atoms with Gasteiger partial charge in [0.2, 0.25) is 0 Å². The van der Waals surface area contributed by atoms with E-state index in [0.29, 0.717) is 10.6 Å². The van der Waals surface area contributed by atoms with Crippen LogP contribution < -0.4 is 0 Å². The molecule has 0 fully saturated rings. The normalized spacial score (nSPS) is 11.6. The number of benzene rings is 1. The third-order valence-corrected chi connectivity index (χ3v) is 3.46. The molecule has 1 aromatic carbocycles. The van der Waals surface area contributed by atoms with Crippen molar-refractivity contribution in [2.24, 2.45) is 0 Å². The third-order valence-electron chi connectivity index (χ3n) is 2.41. The molecule has 19 heavy (non-hydrogen) atoms. The Hall–Kier alpha value is -1.69. The van der Waals surface area contributed by atoms with Gasteiger partial charge in [-0.05, 0) is 19.1 Å². The summed E-state index contributed by atoms with van der Waals surface area (Å²) in [6.45, 7) is 1.46. The van der Waals surface area contributed by atoms with E-state index in [1.165, 1.54) is 30.5 Å². The maximum atomic E-state index is 12.6. The van der Waals surface area contributed by atoms with E-state index >= 15 is 0 Å². The summed E-state index contributed by atoms with van der Waals surface area (Å²) < 4.78 is 37.8. The second-order valence-electron chi connectivity index (χ2n) is 4.09. The summed E-state index contributed by atoms with van der Waals surface area (Å²) in [5, 5.41) is 0.488. The number of hydrogen-bond donors (Lipinski definition) is 0. The number of nitrogens with zero attached hydrogens (tertiary/aromatic N) is 1. The number of Topliss-reactive ketones (excluding diaryl/α,β-unsaturated/α-hetero) is 1. The topological polar surface area (TPSA) is 30.0 Å². The van der Waals surface area contributed by atoms with Gasteiger partial charge in [0.1, 0.15) is 10.8 Å². The Morgan fingerprint density at radius 3 is 2.74 bits per heavy atom. The molecule has 2 aromatic rings. The zero-order chi connectivity index (χ0) is 14.0. The number of carbonyl (C=O) groups excluding carboxylic acids is 1. The first-order valence-electron chi connectivity index (χ1n) is 5.48. The average molecular weight is 285 g/mol. The molecule has 0 aliphatic heterocycles. The van der Waals surface area contributed by atoms with Gasteiger partial charge < -0.3 is 0 Å². The fourth-order valence-electron chi connectivity index (χ4n) is 1.60. The van der Waals surface area contributed by atoms with Crippen LogP contribution in [0.3, 0.4) is 0 Å². The van der Waals surface area contributed by atoms with Crippen molar-refractivity contribution in [3.8, 4) is 10.6 Å². The molecule has 0 atom stereocenters. The molecule has 0 aliphatic carbocycles. The molecule has 0 radical (unpaired) electrons. The van der Waals surface area contributed by atoms with Crippen LogP contribution in [-0.4, -0.2) is 10.8 Å². The SMILES string of the molecule is CC(=O)Cc1cnc(-c2cccc(C(F)(F)F)c2)s1. The molecule has 0 N–H and O–H groups in total. The highest BCUT2D eigenvalue weighted by molar-refractivity contribution is 7.15. The molecule has 0 bridgehead atoms. The summed E-state index contributed by atoms with van der Waals surface area (Å²) in [7, 11) is 0. The molecule has 2 nitrogen and oxygen atoms in total. The van der Waals surface area contributed by atoms with E-state index < -0.39 is 11.7 Å². The Morgan fingerprint density at radius 1 is 1.37 bits per heavy atom. The maximum absolute atomic E-state index is 12.6. The predicted molar refractivity (Wildman–Crippen MR) is 66.9 cm³/mol. The van der Waals surface area contributed by atoms with Crippen molar-refractivity contribution >= 4 is 17.1 Å². The number of ketones is 1. The highest BCUT2D eigenvalue weighted by Gasteiger charge is 2.30. The molecule has 6 heteroatoms. The van der Waals surface area contributed by atoms with Crippen molar-refractivity contribution in [3.63, 3.8) is 0 Å². The first kappa shape index (κ1) is 13.7. The molecule has 0 unspecified atom stereocenters. The summed E-state index contributed by atoms with van der Waals surface area (Å²) in [6.07, 6.45) is -2.58. The highest BCUT2D eigenvalue weighted by Crippen LogP contribution is 2.33. The summed E-state index contributed by atoms with van der Waals surface area (Å²) >= 11 is 1.23. The maximum Gasteiger partial charge on any atom is 0.416 e. The van der Waals surface area contributed by atoms with E-state index in [2.05, 4.69) is 4.98 Å². The Labute approximate surface area is 111 Å². The summed E-state index contributed by atoms with van der Waals surface area (Å²) in [5.74, 6) is -0.000702. The molecule has 0 amide bonds. The molecule has 2 rings (SSSR count). The van der Waals surface area contributed by atoms with Crippen molar-refractivity contribution in [1.82, 2.24) is 4.98 Å². The van der Waals surface area contributed by atoms with Gasteiger partial charge in [0.15, 0.2) is 0 Å². The van der Waals surface area contributed by atoms with Gasteiger partial charge in [-0.25, -0.2) is 4.98 Å². The van der Waals surface area contributed by atoms with Crippen LogP contribution in [0.1, 0.15) is 17.4 Å². The van der Waals surface area contributed by atoms with Gasteiger partial charge in [0.25, 0.3) is 0 Å². The van der Waals surface area contributed by atoms with Gasteiger partial charge in [-0.2, -0.15) is 13.2 Å². The number of hydrogen-bond acceptors (Lipinski definition) is 3. The Balaban J connectivity index is 2.32. The smallest absolute Gasteiger partial charge is 0.300 e. The lowest BCUT2D eigenvalue weighted by Gasteiger charge is -2.07. The van der Waals surface area contributed by atoms with Gasteiger partial charge in [-0.1, -0.05) is 12.1 Å². The molecule has 1 heterocycles. The number of thiazole rings is 1. The fraction of sp³-hybridized carbons (Fsp3) is 0.231. The van der Waals surface area contributed by atoms with Crippen molar-refractivity contribution in [1.29, 1.82) is 0 Å². The summed E-state index contributed by atoms with van der Waals surface area (Å²) in [6, 6.07) is 5.01. The van der Waals surface area contributed by atoms with E-state index in [9.17, 15) is 18.0 Å². The van der Waals surface area contributed by atoms with Crippen LogP contribution >= 0.6 is 11.3 Å². The fourth-order valence-corrected chi connectivity index (χ4v) is 2.58. The summed E-state index contributed by atoms with van der Waals surface area (Å²) in [4.78, 5) is 15.8. The lowest BCUT2D eigenvalue weighted by Crippen LogP contribution is -2.04. The standard InChI is InChI=1S/C13H10F3NOS/c1-8(18)5-11-7-17-12(19-11)9-3-2-4-10(6-9)13(14,15)16/h2-4,6-7H,5H2,1H3. The Bertz CT molecular complexity index is 604. The minimum Gasteiger partial charge on any atom is -0.300 e. The second kappa shape index (κ2) is 5.13. The number of carbonyl (C=O) groups is 1. The van der Waals surface area contributed by atoms with Gasteiger partial charge in [0, 0.05) is 23.1 Å².